The lowest BCUT2D eigenvalue weighted by Crippen LogP contribution is -1.89. The van der Waals surface area contributed by atoms with Crippen molar-refractivity contribution in [2.24, 2.45) is 0 Å². The van der Waals surface area contributed by atoms with Gasteiger partial charge in [-0.2, -0.15) is 5.10 Å². The fourth-order valence-electron chi connectivity index (χ4n) is 1.76. The van der Waals surface area contributed by atoms with Crippen molar-refractivity contribution in [1.82, 2.24) is 9.61 Å². The SMILES string of the molecule is O=Cc1cc2cc(C3CC3)ccn2n1. The highest BCUT2D eigenvalue weighted by atomic mass is 16.1. The topological polar surface area (TPSA) is 34.4 Å². The largest absolute Gasteiger partial charge is 0.296 e. The number of aromatic nitrogens is 2. The highest BCUT2D eigenvalue weighted by Crippen LogP contribution is 2.40. The third-order valence-electron chi connectivity index (χ3n) is 2.68. The van der Waals surface area contributed by atoms with Crippen LogP contribution in [0.3, 0.4) is 0 Å². The molecule has 0 radical (unpaired) electrons. The Hall–Kier alpha value is -1.64. The molecular formula is C11H10N2O. The highest BCUT2D eigenvalue weighted by Gasteiger charge is 2.23. The molecule has 3 rings (SSSR count). The van der Waals surface area contributed by atoms with Gasteiger partial charge in [0.2, 0.25) is 0 Å². The van der Waals surface area contributed by atoms with Gasteiger partial charge in [-0.25, -0.2) is 4.52 Å². The lowest BCUT2D eigenvalue weighted by Gasteiger charge is -1.97. The summed E-state index contributed by atoms with van der Waals surface area (Å²) in [5.41, 5.74) is 2.88. The van der Waals surface area contributed by atoms with Gasteiger partial charge in [-0.15, -0.1) is 0 Å². The van der Waals surface area contributed by atoms with E-state index in [1.165, 1.54) is 18.4 Å². The molecule has 0 atom stereocenters. The summed E-state index contributed by atoms with van der Waals surface area (Å²) in [6, 6.07) is 6.03. The second kappa shape index (κ2) is 2.67. The van der Waals surface area contributed by atoms with E-state index in [1.807, 2.05) is 12.3 Å². The summed E-state index contributed by atoms with van der Waals surface area (Å²) in [6.45, 7) is 0. The van der Waals surface area contributed by atoms with Crippen molar-refractivity contribution in [2.45, 2.75) is 18.8 Å². The van der Waals surface area contributed by atoms with E-state index in [1.54, 1.807) is 4.52 Å². The zero-order valence-electron chi connectivity index (χ0n) is 7.68. The number of rotatable bonds is 2. The number of pyridine rings is 1. The van der Waals surface area contributed by atoms with E-state index in [9.17, 15) is 4.79 Å². The van der Waals surface area contributed by atoms with Crippen molar-refractivity contribution < 1.29 is 4.79 Å². The van der Waals surface area contributed by atoms with E-state index in [-0.39, 0.29) is 0 Å². The zero-order valence-corrected chi connectivity index (χ0v) is 7.68. The maximum atomic E-state index is 10.5. The van der Waals surface area contributed by atoms with Crippen LogP contribution in [0.25, 0.3) is 5.52 Å². The summed E-state index contributed by atoms with van der Waals surface area (Å²) in [5.74, 6) is 0.745. The van der Waals surface area contributed by atoms with E-state index in [2.05, 4.69) is 17.2 Å². The lowest BCUT2D eigenvalue weighted by atomic mass is 10.1. The van der Waals surface area contributed by atoms with Gasteiger partial charge in [-0.05, 0) is 42.5 Å². The molecule has 2 aromatic rings. The molecule has 0 spiro atoms. The molecule has 0 amide bonds. The van der Waals surface area contributed by atoms with Crippen LogP contribution in [-0.2, 0) is 0 Å². The fraction of sp³-hybridized carbons (Fsp3) is 0.273. The van der Waals surface area contributed by atoms with Crippen LogP contribution in [0.1, 0.15) is 34.8 Å². The predicted molar refractivity (Wildman–Crippen MR) is 52.6 cm³/mol. The van der Waals surface area contributed by atoms with Crippen molar-refractivity contribution in [2.75, 3.05) is 0 Å². The molecule has 1 fully saturated rings. The standard InChI is InChI=1S/C11H10N2O/c14-7-10-6-11-5-9(8-1-2-8)3-4-13(11)12-10/h3-8H,1-2H2. The smallest absolute Gasteiger partial charge is 0.170 e. The van der Waals surface area contributed by atoms with Gasteiger partial charge in [-0.3, -0.25) is 4.79 Å². The van der Waals surface area contributed by atoms with Gasteiger partial charge in [-0.1, -0.05) is 0 Å². The number of hydrogen-bond acceptors (Lipinski definition) is 2. The third kappa shape index (κ3) is 1.13. The molecule has 2 heterocycles. The number of aldehydes is 1. The van der Waals surface area contributed by atoms with Crippen molar-refractivity contribution >= 4 is 11.8 Å². The first kappa shape index (κ1) is 7.74. The number of carbonyl (C=O) groups excluding carboxylic acids is 1. The molecule has 3 heteroatoms. The van der Waals surface area contributed by atoms with Crippen molar-refractivity contribution in [3.05, 3.63) is 35.7 Å². The van der Waals surface area contributed by atoms with Crippen LogP contribution in [0.2, 0.25) is 0 Å². The number of nitrogens with zero attached hydrogens (tertiary/aromatic N) is 2. The minimum Gasteiger partial charge on any atom is -0.296 e. The Bertz CT molecular complexity index is 497. The molecule has 0 aliphatic heterocycles. The quantitative estimate of drug-likeness (QED) is 0.672. The van der Waals surface area contributed by atoms with Crippen LogP contribution < -0.4 is 0 Å². The van der Waals surface area contributed by atoms with E-state index in [4.69, 9.17) is 0 Å². The highest BCUT2D eigenvalue weighted by molar-refractivity contribution is 5.75. The van der Waals surface area contributed by atoms with Gasteiger partial charge >= 0.3 is 0 Å². The maximum Gasteiger partial charge on any atom is 0.170 e. The maximum absolute atomic E-state index is 10.5. The van der Waals surface area contributed by atoms with Crippen molar-refractivity contribution in [3.8, 4) is 0 Å². The molecule has 0 bridgehead atoms. The minimum absolute atomic E-state index is 0.498. The van der Waals surface area contributed by atoms with Crippen LogP contribution in [0, 0.1) is 0 Å². The Balaban J connectivity index is 2.16. The average Bonchev–Trinajstić information content (AvgIpc) is 2.97. The summed E-state index contributed by atoms with van der Waals surface area (Å²) in [5, 5.41) is 4.10. The summed E-state index contributed by atoms with van der Waals surface area (Å²) in [4.78, 5) is 10.5. The van der Waals surface area contributed by atoms with Crippen molar-refractivity contribution in [1.29, 1.82) is 0 Å². The summed E-state index contributed by atoms with van der Waals surface area (Å²) in [6.07, 6.45) is 5.30. The first-order chi connectivity index (χ1) is 6.86. The van der Waals surface area contributed by atoms with Crippen LogP contribution in [0.5, 0.6) is 0 Å². The van der Waals surface area contributed by atoms with E-state index in [0.717, 1.165) is 17.7 Å². The second-order valence-electron chi connectivity index (χ2n) is 3.79. The third-order valence-corrected chi connectivity index (χ3v) is 2.68. The minimum atomic E-state index is 0.498. The Labute approximate surface area is 81.4 Å². The van der Waals surface area contributed by atoms with Crippen molar-refractivity contribution in [3.63, 3.8) is 0 Å². The molecule has 1 aliphatic carbocycles. The Morgan fingerprint density at radius 1 is 1.43 bits per heavy atom. The Morgan fingerprint density at radius 3 is 3.00 bits per heavy atom. The van der Waals surface area contributed by atoms with Gasteiger partial charge in [0, 0.05) is 6.20 Å². The molecule has 2 aromatic heterocycles. The molecule has 1 aliphatic rings. The molecule has 14 heavy (non-hydrogen) atoms. The molecule has 1 saturated carbocycles. The monoisotopic (exact) mass is 186 g/mol. The van der Waals surface area contributed by atoms with Crippen LogP contribution in [0.4, 0.5) is 0 Å². The van der Waals surface area contributed by atoms with Crippen LogP contribution in [0.15, 0.2) is 24.4 Å². The Morgan fingerprint density at radius 2 is 2.29 bits per heavy atom. The fourth-order valence-corrected chi connectivity index (χ4v) is 1.76. The van der Waals surface area contributed by atoms with E-state index >= 15 is 0 Å². The molecule has 70 valence electrons. The molecular weight excluding hydrogens is 176 g/mol. The van der Waals surface area contributed by atoms with Gasteiger partial charge in [0.15, 0.2) is 6.29 Å². The molecule has 3 nitrogen and oxygen atoms in total. The molecule has 0 N–H and O–H groups in total. The molecule has 0 unspecified atom stereocenters. The normalized spacial score (nSPS) is 16.0. The summed E-state index contributed by atoms with van der Waals surface area (Å²) in [7, 11) is 0. The summed E-state index contributed by atoms with van der Waals surface area (Å²) >= 11 is 0. The first-order valence-electron chi connectivity index (χ1n) is 4.81. The number of hydrogen-bond donors (Lipinski definition) is 0. The van der Waals surface area contributed by atoms with Crippen LogP contribution >= 0.6 is 0 Å². The average molecular weight is 186 g/mol. The number of carbonyl (C=O) groups is 1. The van der Waals surface area contributed by atoms with Crippen LogP contribution in [-0.4, -0.2) is 15.9 Å². The van der Waals surface area contributed by atoms with Gasteiger partial charge in [0.05, 0.1) is 5.52 Å². The summed E-state index contributed by atoms with van der Waals surface area (Å²) < 4.78 is 1.75. The predicted octanol–water partition coefficient (Wildman–Crippen LogP) is 2.02. The van der Waals surface area contributed by atoms with E-state index in [0.29, 0.717) is 5.69 Å². The molecule has 0 saturated heterocycles. The second-order valence-corrected chi connectivity index (χ2v) is 3.79. The van der Waals surface area contributed by atoms with Gasteiger partial charge < -0.3 is 0 Å². The van der Waals surface area contributed by atoms with E-state index < -0.39 is 0 Å². The van der Waals surface area contributed by atoms with Gasteiger partial charge in [0.25, 0.3) is 0 Å². The molecule has 0 aromatic carbocycles. The van der Waals surface area contributed by atoms with Gasteiger partial charge in [0.1, 0.15) is 5.69 Å². The Kier molecular flexibility index (Phi) is 1.48. The first-order valence-corrected chi connectivity index (χ1v) is 4.81. The lowest BCUT2D eigenvalue weighted by molar-refractivity contribution is 0.111. The number of fused-ring (bicyclic) bond motifs is 1. The zero-order chi connectivity index (χ0) is 9.54.